The third-order valence-electron chi connectivity index (χ3n) is 3.38. The van der Waals surface area contributed by atoms with Gasteiger partial charge in [0.2, 0.25) is 0 Å². The quantitative estimate of drug-likeness (QED) is 0.878. The fourth-order valence-corrected chi connectivity index (χ4v) is 3.56. The predicted octanol–water partition coefficient (Wildman–Crippen LogP) is 3.95. The first-order valence-electron chi connectivity index (χ1n) is 6.26. The molecule has 1 aliphatic rings. The van der Waals surface area contributed by atoms with Crippen LogP contribution in [0.25, 0.3) is 0 Å². The van der Waals surface area contributed by atoms with E-state index in [1.807, 2.05) is 0 Å². The van der Waals surface area contributed by atoms with Gasteiger partial charge in [0.15, 0.2) is 0 Å². The fraction of sp³-hybridized carbons (Fsp3) is 0.500. The molecule has 0 bridgehead atoms. The number of carboxylic acid groups (broad SMARTS) is 1. The Morgan fingerprint density at radius 2 is 2.11 bits per heavy atom. The molecule has 0 radical (unpaired) electrons. The standard InChI is InChI=1S/C14H17FO2S/c15-13-6-5-11(14(16)17)7-12(13)9-18-8-10-3-1-2-4-10/h5-7,10H,1-4,8-9H2,(H,16,17). The summed E-state index contributed by atoms with van der Waals surface area (Å²) in [6.07, 6.45) is 5.19. The van der Waals surface area contributed by atoms with Crippen LogP contribution in [0.3, 0.4) is 0 Å². The molecule has 0 atom stereocenters. The van der Waals surface area contributed by atoms with Gasteiger partial charge in [-0.25, -0.2) is 9.18 Å². The van der Waals surface area contributed by atoms with Crippen molar-refractivity contribution in [2.24, 2.45) is 5.92 Å². The highest BCUT2D eigenvalue weighted by molar-refractivity contribution is 7.98. The molecule has 0 saturated heterocycles. The van der Waals surface area contributed by atoms with Crippen molar-refractivity contribution in [2.45, 2.75) is 31.4 Å². The molecule has 0 aromatic heterocycles. The first kappa shape index (κ1) is 13.4. The summed E-state index contributed by atoms with van der Waals surface area (Å²) in [6, 6.07) is 4.00. The van der Waals surface area contributed by atoms with Crippen LogP contribution in [0.2, 0.25) is 0 Å². The molecule has 1 N–H and O–H groups in total. The average molecular weight is 268 g/mol. The van der Waals surface area contributed by atoms with Crippen LogP contribution in [-0.4, -0.2) is 16.8 Å². The normalized spacial score (nSPS) is 16.1. The van der Waals surface area contributed by atoms with Crippen molar-refractivity contribution in [2.75, 3.05) is 5.75 Å². The lowest BCUT2D eigenvalue weighted by molar-refractivity contribution is 0.0696. The largest absolute Gasteiger partial charge is 0.478 e. The Bertz CT molecular complexity index is 428. The number of halogens is 1. The van der Waals surface area contributed by atoms with Crippen LogP contribution < -0.4 is 0 Å². The molecule has 2 rings (SSSR count). The van der Waals surface area contributed by atoms with Crippen molar-refractivity contribution in [3.63, 3.8) is 0 Å². The van der Waals surface area contributed by atoms with Gasteiger partial charge in [-0.1, -0.05) is 12.8 Å². The van der Waals surface area contributed by atoms with Crippen molar-refractivity contribution in [1.82, 2.24) is 0 Å². The number of hydrogen-bond donors (Lipinski definition) is 1. The number of carbonyl (C=O) groups is 1. The molecule has 0 amide bonds. The second-order valence-electron chi connectivity index (χ2n) is 4.78. The van der Waals surface area contributed by atoms with Crippen molar-refractivity contribution in [1.29, 1.82) is 0 Å². The van der Waals surface area contributed by atoms with Crippen molar-refractivity contribution >= 4 is 17.7 Å². The molecule has 1 aliphatic carbocycles. The van der Waals surface area contributed by atoms with Crippen molar-refractivity contribution in [3.8, 4) is 0 Å². The zero-order valence-corrected chi connectivity index (χ0v) is 11.0. The second kappa shape index (κ2) is 6.23. The molecule has 1 fully saturated rings. The molecule has 1 aromatic rings. The van der Waals surface area contributed by atoms with E-state index >= 15 is 0 Å². The topological polar surface area (TPSA) is 37.3 Å². The Labute approximate surface area is 111 Å². The molecule has 18 heavy (non-hydrogen) atoms. The number of carboxylic acids is 1. The minimum Gasteiger partial charge on any atom is -0.478 e. The van der Waals surface area contributed by atoms with Gasteiger partial charge in [0.05, 0.1) is 5.56 Å². The zero-order valence-electron chi connectivity index (χ0n) is 10.2. The predicted molar refractivity (Wildman–Crippen MR) is 71.5 cm³/mol. The van der Waals surface area contributed by atoms with Gasteiger partial charge in [0.1, 0.15) is 5.82 Å². The molecule has 0 heterocycles. The first-order valence-corrected chi connectivity index (χ1v) is 7.42. The monoisotopic (exact) mass is 268 g/mol. The molecule has 4 heteroatoms. The Balaban J connectivity index is 1.91. The molecular weight excluding hydrogens is 251 g/mol. The number of thioether (sulfide) groups is 1. The molecule has 2 nitrogen and oxygen atoms in total. The highest BCUT2D eigenvalue weighted by atomic mass is 32.2. The summed E-state index contributed by atoms with van der Waals surface area (Å²) in [4.78, 5) is 10.8. The maximum absolute atomic E-state index is 13.5. The van der Waals surface area contributed by atoms with Gasteiger partial charge in [-0.3, -0.25) is 0 Å². The fourth-order valence-electron chi connectivity index (χ4n) is 2.33. The van der Waals surface area contributed by atoms with E-state index in [-0.39, 0.29) is 11.4 Å². The molecule has 0 unspecified atom stereocenters. The number of aromatic carboxylic acids is 1. The summed E-state index contributed by atoms with van der Waals surface area (Å²) in [7, 11) is 0. The number of hydrogen-bond acceptors (Lipinski definition) is 2. The van der Waals surface area contributed by atoms with Crippen LogP contribution >= 0.6 is 11.8 Å². The van der Waals surface area contributed by atoms with Crippen molar-refractivity contribution in [3.05, 3.63) is 35.1 Å². The van der Waals surface area contributed by atoms with Crippen molar-refractivity contribution < 1.29 is 14.3 Å². The Kier molecular flexibility index (Phi) is 4.64. The molecular formula is C14H17FO2S. The summed E-state index contributed by atoms with van der Waals surface area (Å²) in [6.45, 7) is 0. The lowest BCUT2D eigenvalue weighted by Crippen LogP contribution is -2.01. The van der Waals surface area contributed by atoms with Gasteiger partial charge in [0.25, 0.3) is 0 Å². The third-order valence-corrected chi connectivity index (χ3v) is 4.60. The Morgan fingerprint density at radius 1 is 1.39 bits per heavy atom. The summed E-state index contributed by atoms with van der Waals surface area (Å²) in [5, 5.41) is 8.87. The van der Waals surface area contributed by atoms with E-state index in [2.05, 4.69) is 0 Å². The van der Waals surface area contributed by atoms with Crippen LogP contribution in [-0.2, 0) is 5.75 Å². The van der Waals surface area contributed by atoms with E-state index in [1.165, 1.54) is 43.9 Å². The molecule has 0 aliphatic heterocycles. The van der Waals surface area contributed by atoms with Crippen LogP contribution in [0, 0.1) is 11.7 Å². The van der Waals surface area contributed by atoms with Crippen LogP contribution in [0.1, 0.15) is 41.6 Å². The van der Waals surface area contributed by atoms with Crippen LogP contribution in [0.4, 0.5) is 4.39 Å². The van der Waals surface area contributed by atoms with Gasteiger partial charge in [-0.2, -0.15) is 11.8 Å². The third kappa shape index (κ3) is 3.48. The Morgan fingerprint density at radius 3 is 2.78 bits per heavy atom. The average Bonchev–Trinajstić information content (AvgIpc) is 2.84. The minimum absolute atomic E-state index is 0.160. The molecule has 98 valence electrons. The maximum Gasteiger partial charge on any atom is 0.335 e. The summed E-state index contributed by atoms with van der Waals surface area (Å²) in [5.41, 5.74) is 0.658. The van der Waals surface area contributed by atoms with Crippen LogP contribution in [0.5, 0.6) is 0 Å². The SMILES string of the molecule is O=C(O)c1ccc(F)c(CSCC2CCCC2)c1. The maximum atomic E-state index is 13.5. The Hall–Kier alpha value is -1.03. The number of benzene rings is 1. The summed E-state index contributed by atoms with van der Waals surface area (Å²) >= 11 is 1.71. The first-order chi connectivity index (χ1) is 8.66. The van der Waals surface area contributed by atoms with E-state index in [4.69, 9.17) is 5.11 Å². The minimum atomic E-state index is -1.00. The van der Waals surface area contributed by atoms with Gasteiger partial charge in [-0.05, 0) is 48.3 Å². The van der Waals surface area contributed by atoms with E-state index in [9.17, 15) is 9.18 Å². The van der Waals surface area contributed by atoms with E-state index < -0.39 is 5.97 Å². The summed E-state index contributed by atoms with van der Waals surface area (Å²) in [5.74, 6) is 1.07. The van der Waals surface area contributed by atoms with Gasteiger partial charge >= 0.3 is 5.97 Å². The zero-order chi connectivity index (χ0) is 13.0. The second-order valence-corrected chi connectivity index (χ2v) is 5.81. The molecule has 0 spiro atoms. The lowest BCUT2D eigenvalue weighted by atomic mass is 10.1. The van der Waals surface area contributed by atoms with E-state index in [1.54, 1.807) is 11.8 Å². The number of rotatable bonds is 5. The van der Waals surface area contributed by atoms with Gasteiger partial charge < -0.3 is 5.11 Å². The van der Waals surface area contributed by atoms with Gasteiger partial charge in [0, 0.05) is 5.75 Å². The summed E-state index contributed by atoms with van der Waals surface area (Å²) < 4.78 is 13.5. The molecule has 1 aromatic carbocycles. The van der Waals surface area contributed by atoms with Gasteiger partial charge in [-0.15, -0.1) is 0 Å². The van der Waals surface area contributed by atoms with E-state index in [0.717, 1.165) is 11.7 Å². The smallest absolute Gasteiger partial charge is 0.335 e. The molecule has 1 saturated carbocycles. The van der Waals surface area contributed by atoms with E-state index in [0.29, 0.717) is 11.3 Å². The van der Waals surface area contributed by atoms with Crippen LogP contribution in [0.15, 0.2) is 18.2 Å². The highest BCUT2D eigenvalue weighted by Crippen LogP contribution is 2.29. The highest BCUT2D eigenvalue weighted by Gasteiger charge is 2.15. The lowest BCUT2D eigenvalue weighted by Gasteiger charge is -2.09.